The van der Waals surface area contributed by atoms with Gasteiger partial charge in [-0.15, -0.1) is 0 Å². The molecular formula is C23H32O6. The van der Waals surface area contributed by atoms with Crippen molar-refractivity contribution in [1.29, 1.82) is 0 Å². The van der Waals surface area contributed by atoms with Crippen molar-refractivity contribution in [2.45, 2.75) is 46.3 Å². The summed E-state index contributed by atoms with van der Waals surface area (Å²) in [4.78, 5) is 20.4. The van der Waals surface area contributed by atoms with E-state index >= 15 is 0 Å². The number of benzene rings is 2. The Bertz CT molecular complexity index is 650. The van der Waals surface area contributed by atoms with Gasteiger partial charge in [0.05, 0.1) is 23.3 Å². The number of rotatable bonds is 6. The van der Waals surface area contributed by atoms with Crippen LogP contribution in [-0.4, -0.2) is 44.6 Å². The molecule has 0 aliphatic rings. The summed E-state index contributed by atoms with van der Waals surface area (Å²) in [5.41, 5.74) is 0.662. The van der Waals surface area contributed by atoms with Crippen LogP contribution >= 0.6 is 0 Å². The fourth-order valence-corrected chi connectivity index (χ4v) is 2.21. The molecule has 4 unspecified atom stereocenters. The smallest absolute Gasteiger partial charge is 0.335 e. The monoisotopic (exact) mass is 404 g/mol. The van der Waals surface area contributed by atoms with Gasteiger partial charge < -0.3 is 20.4 Å². The number of carboxylic acid groups (broad SMARTS) is 2. The van der Waals surface area contributed by atoms with E-state index in [0.29, 0.717) is 11.1 Å². The van der Waals surface area contributed by atoms with E-state index in [1.165, 1.54) is 0 Å². The number of carbonyl (C=O) groups is 2. The lowest BCUT2D eigenvalue weighted by Crippen LogP contribution is -2.32. The highest BCUT2D eigenvalue weighted by Crippen LogP contribution is 2.18. The number of aliphatic hydroxyl groups is 2. The van der Waals surface area contributed by atoms with Crippen molar-refractivity contribution >= 4 is 11.9 Å². The van der Waals surface area contributed by atoms with Crippen LogP contribution in [0.5, 0.6) is 0 Å². The zero-order valence-electron chi connectivity index (χ0n) is 17.4. The summed E-state index contributed by atoms with van der Waals surface area (Å²) in [6, 6.07) is 16.6. The van der Waals surface area contributed by atoms with Crippen LogP contribution in [0.25, 0.3) is 0 Å². The molecule has 0 aromatic heterocycles. The third-order valence-corrected chi connectivity index (χ3v) is 4.57. The van der Waals surface area contributed by atoms with Crippen molar-refractivity contribution in [3.8, 4) is 0 Å². The van der Waals surface area contributed by atoms with E-state index in [-0.39, 0.29) is 17.9 Å². The lowest BCUT2D eigenvalue weighted by atomic mass is 9.89. The minimum Gasteiger partial charge on any atom is -0.478 e. The van der Waals surface area contributed by atoms with E-state index in [4.69, 9.17) is 10.2 Å². The minimum absolute atomic E-state index is 0.0232. The molecule has 2 aromatic rings. The van der Waals surface area contributed by atoms with Crippen molar-refractivity contribution in [3.63, 3.8) is 0 Å². The lowest BCUT2D eigenvalue weighted by molar-refractivity contribution is 0.000668. The van der Waals surface area contributed by atoms with Crippen LogP contribution in [0.3, 0.4) is 0 Å². The van der Waals surface area contributed by atoms with Crippen molar-refractivity contribution in [2.24, 2.45) is 11.8 Å². The van der Waals surface area contributed by atoms with E-state index in [2.05, 4.69) is 0 Å². The quantitative estimate of drug-likeness (QED) is 0.574. The average Bonchev–Trinajstić information content (AvgIpc) is 2.74. The maximum Gasteiger partial charge on any atom is 0.335 e. The van der Waals surface area contributed by atoms with E-state index in [1.807, 2.05) is 20.8 Å². The Morgan fingerprint density at radius 1 is 0.759 bits per heavy atom. The molecule has 2 aromatic carbocycles. The molecule has 2 rings (SSSR count). The normalized spacial score (nSPS) is 14.0. The Morgan fingerprint density at radius 3 is 1.31 bits per heavy atom. The van der Waals surface area contributed by atoms with Crippen LogP contribution < -0.4 is 0 Å². The van der Waals surface area contributed by atoms with Gasteiger partial charge in [0.1, 0.15) is 0 Å². The summed E-state index contributed by atoms with van der Waals surface area (Å²) >= 11 is 0. The second kappa shape index (κ2) is 14.3. The lowest BCUT2D eigenvalue weighted by Gasteiger charge is -2.25. The molecule has 0 heterocycles. The summed E-state index contributed by atoms with van der Waals surface area (Å²) in [5.74, 6) is -1.50. The molecule has 0 fully saturated rings. The third-order valence-electron chi connectivity index (χ3n) is 4.57. The van der Waals surface area contributed by atoms with Gasteiger partial charge in [0.15, 0.2) is 0 Å². The average molecular weight is 405 g/mol. The fourth-order valence-electron chi connectivity index (χ4n) is 2.21. The number of hydrogen-bond donors (Lipinski definition) is 4. The summed E-state index contributed by atoms with van der Waals surface area (Å²) in [6.45, 7) is 7.64. The Balaban J connectivity index is 0.000000408. The van der Waals surface area contributed by atoms with E-state index in [1.54, 1.807) is 67.6 Å². The van der Waals surface area contributed by atoms with Gasteiger partial charge >= 0.3 is 11.9 Å². The number of carboxylic acids is 2. The van der Waals surface area contributed by atoms with Crippen LogP contribution in [0.2, 0.25) is 0 Å². The van der Waals surface area contributed by atoms with Crippen molar-refractivity contribution in [2.75, 3.05) is 0 Å². The molecule has 29 heavy (non-hydrogen) atoms. The topological polar surface area (TPSA) is 115 Å². The second-order valence-electron chi connectivity index (χ2n) is 6.82. The second-order valence-corrected chi connectivity index (χ2v) is 6.82. The first-order chi connectivity index (χ1) is 13.6. The maximum atomic E-state index is 10.2. The molecule has 0 spiro atoms. The van der Waals surface area contributed by atoms with E-state index in [0.717, 1.165) is 6.42 Å². The van der Waals surface area contributed by atoms with Gasteiger partial charge in [-0.2, -0.15) is 0 Å². The fraction of sp³-hybridized carbons (Fsp3) is 0.391. The molecule has 0 saturated heterocycles. The first-order valence-corrected chi connectivity index (χ1v) is 9.54. The maximum absolute atomic E-state index is 10.2. The molecule has 0 aliphatic heterocycles. The zero-order valence-corrected chi connectivity index (χ0v) is 17.4. The molecule has 4 N–H and O–H groups in total. The van der Waals surface area contributed by atoms with Crippen LogP contribution in [0.1, 0.15) is 54.8 Å². The Labute approximate surface area is 172 Å². The van der Waals surface area contributed by atoms with Gasteiger partial charge in [-0.1, -0.05) is 63.6 Å². The number of aromatic carboxylic acids is 2. The first-order valence-electron chi connectivity index (χ1n) is 9.54. The van der Waals surface area contributed by atoms with Crippen molar-refractivity contribution < 1.29 is 30.0 Å². The molecule has 6 nitrogen and oxygen atoms in total. The SMILES string of the molecule is CCC(C)C(O)C(C)C(C)O.O=C(O)c1ccccc1.O=C(O)c1ccccc1. The molecular weight excluding hydrogens is 372 g/mol. The molecule has 6 heteroatoms. The van der Waals surface area contributed by atoms with Crippen LogP contribution in [0.15, 0.2) is 60.7 Å². The Hall–Kier alpha value is -2.70. The largest absolute Gasteiger partial charge is 0.478 e. The van der Waals surface area contributed by atoms with Crippen LogP contribution in [-0.2, 0) is 0 Å². The minimum atomic E-state index is -0.879. The van der Waals surface area contributed by atoms with E-state index in [9.17, 15) is 19.8 Å². The predicted molar refractivity (Wildman–Crippen MR) is 113 cm³/mol. The number of hydrogen-bond acceptors (Lipinski definition) is 4. The summed E-state index contributed by atoms with van der Waals surface area (Å²) in [6.07, 6.45) is 0.164. The highest BCUT2D eigenvalue weighted by atomic mass is 16.4. The summed E-state index contributed by atoms with van der Waals surface area (Å²) in [7, 11) is 0. The standard InChI is InChI=1S/C9H20O2.2C7H6O2/c1-5-6(2)9(11)7(3)8(4)10;2*8-7(9)6-4-2-1-3-5-6/h6-11H,5H2,1-4H3;2*1-5H,(H,8,9). The van der Waals surface area contributed by atoms with Gasteiger partial charge in [-0.3, -0.25) is 0 Å². The van der Waals surface area contributed by atoms with Gasteiger partial charge in [-0.05, 0) is 37.1 Å². The predicted octanol–water partition coefficient (Wildman–Crippen LogP) is 4.18. The molecule has 4 atom stereocenters. The molecule has 160 valence electrons. The highest BCUT2D eigenvalue weighted by molar-refractivity contribution is 5.87. The Morgan fingerprint density at radius 2 is 1.10 bits per heavy atom. The Kier molecular flexibility index (Phi) is 13.0. The van der Waals surface area contributed by atoms with Crippen LogP contribution in [0.4, 0.5) is 0 Å². The van der Waals surface area contributed by atoms with Crippen molar-refractivity contribution in [3.05, 3.63) is 71.8 Å². The first kappa shape index (κ1) is 26.3. The molecule has 0 radical (unpaired) electrons. The van der Waals surface area contributed by atoms with Crippen molar-refractivity contribution in [1.82, 2.24) is 0 Å². The summed E-state index contributed by atoms with van der Waals surface area (Å²) < 4.78 is 0. The van der Waals surface area contributed by atoms with Crippen LogP contribution in [0, 0.1) is 11.8 Å². The third kappa shape index (κ3) is 11.0. The summed E-state index contributed by atoms with van der Waals surface area (Å²) in [5, 5.41) is 35.5. The van der Waals surface area contributed by atoms with E-state index < -0.39 is 18.0 Å². The van der Waals surface area contributed by atoms with Gasteiger partial charge in [0.25, 0.3) is 0 Å². The molecule has 0 bridgehead atoms. The van der Waals surface area contributed by atoms with Gasteiger partial charge in [-0.25, -0.2) is 9.59 Å². The number of aliphatic hydroxyl groups excluding tert-OH is 2. The molecule has 0 saturated carbocycles. The highest BCUT2D eigenvalue weighted by Gasteiger charge is 2.23. The zero-order chi connectivity index (χ0) is 22.4. The van der Waals surface area contributed by atoms with Gasteiger partial charge in [0.2, 0.25) is 0 Å². The molecule has 0 amide bonds. The van der Waals surface area contributed by atoms with Gasteiger partial charge in [0, 0.05) is 5.92 Å². The molecule has 0 aliphatic carbocycles.